The predicted molar refractivity (Wildman–Crippen MR) is 55.4 cm³/mol. The molecule has 1 saturated heterocycles. The van der Waals surface area contributed by atoms with E-state index in [1.54, 1.807) is 6.07 Å². The van der Waals surface area contributed by atoms with E-state index in [-0.39, 0.29) is 0 Å². The van der Waals surface area contributed by atoms with Crippen molar-refractivity contribution in [1.29, 1.82) is 0 Å². The fourth-order valence-corrected chi connectivity index (χ4v) is 2.04. The van der Waals surface area contributed by atoms with Crippen LogP contribution in [0.3, 0.4) is 0 Å². The lowest BCUT2D eigenvalue weighted by molar-refractivity contribution is -0.0680. The van der Waals surface area contributed by atoms with E-state index in [2.05, 4.69) is 0 Å². The summed E-state index contributed by atoms with van der Waals surface area (Å²) in [7, 11) is 0. The Labute approximate surface area is 92.6 Å². The third-order valence-corrected chi connectivity index (χ3v) is 2.94. The van der Waals surface area contributed by atoms with E-state index in [1.807, 2.05) is 0 Å². The molecule has 2 rings (SSSR count). The van der Waals surface area contributed by atoms with Crippen molar-refractivity contribution in [3.05, 3.63) is 34.6 Å². The molecule has 0 radical (unpaired) electrons. The molecule has 0 spiro atoms. The highest BCUT2D eigenvalue weighted by Gasteiger charge is 2.32. The third kappa shape index (κ3) is 2.30. The summed E-state index contributed by atoms with van der Waals surface area (Å²) < 4.78 is 18.3. The molecular formula is C11H12ClFO2. The van der Waals surface area contributed by atoms with Gasteiger partial charge < -0.3 is 9.84 Å². The molecule has 0 unspecified atom stereocenters. The van der Waals surface area contributed by atoms with E-state index in [4.69, 9.17) is 16.3 Å². The quantitative estimate of drug-likeness (QED) is 0.803. The van der Waals surface area contributed by atoms with E-state index in [1.165, 1.54) is 12.1 Å². The molecule has 0 aromatic heterocycles. The first-order valence-electron chi connectivity index (χ1n) is 4.87. The van der Waals surface area contributed by atoms with Crippen LogP contribution in [0.25, 0.3) is 0 Å². The lowest BCUT2D eigenvalue weighted by Crippen LogP contribution is -2.33. The number of hydrogen-bond acceptors (Lipinski definition) is 2. The van der Waals surface area contributed by atoms with Gasteiger partial charge >= 0.3 is 0 Å². The first-order chi connectivity index (χ1) is 7.10. The highest BCUT2D eigenvalue weighted by molar-refractivity contribution is 6.30. The van der Waals surface area contributed by atoms with Crippen LogP contribution in [0, 0.1) is 5.82 Å². The topological polar surface area (TPSA) is 29.5 Å². The van der Waals surface area contributed by atoms with Crippen LogP contribution in [0.5, 0.6) is 0 Å². The van der Waals surface area contributed by atoms with E-state index in [0.29, 0.717) is 36.6 Å². The standard InChI is InChI=1S/C11H12ClFO2/c12-9-5-8(6-10(13)7-9)11(14)1-3-15-4-2-11/h5-7,14H,1-4H2. The van der Waals surface area contributed by atoms with Gasteiger partial charge in [-0.05, 0) is 23.8 Å². The molecule has 82 valence electrons. The highest BCUT2D eigenvalue weighted by Crippen LogP contribution is 2.33. The maximum Gasteiger partial charge on any atom is 0.125 e. The van der Waals surface area contributed by atoms with Crippen LogP contribution in [0.2, 0.25) is 5.02 Å². The van der Waals surface area contributed by atoms with E-state index in [9.17, 15) is 9.50 Å². The fourth-order valence-electron chi connectivity index (χ4n) is 1.82. The zero-order chi connectivity index (χ0) is 10.9. The Balaban J connectivity index is 2.34. The summed E-state index contributed by atoms with van der Waals surface area (Å²) in [4.78, 5) is 0. The summed E-state index contributed by atoms with van der Waals surface area (Å²) in [5.74, 6) is -0.419. The Bertz CT molecular complexity index is 341. The summed E-state index contributed by atoms with van der Waals surface area (Å²) >= 11 is 5.75. The molecule has 0 amide bonds. The van der Waals surface area contributed by atoms with Crippen molar-refractivity contribution in [3.63, 3.8) is 0 Å². The van der Waals surface area contributed by atoms with Crippen LogP contribution >= 0.6 is 11.6 Å². The zero-order valence-electron chi connectivity index (χ0n) is 8.17. The summed E-state index contributed by atoms with van der Waals surface area (Å²) in [5, 5.41) is 10.6. The number of halogens is 2. The molecule has 0 aliphatic carbocycles. The van der Waals surface area contributed by atoms with E-state index in [0.717, 1.165) is 0 Å². The minimum atomic E-state index is -0.996. The maximum absolute atomic E-state index is 13.1. The Morgan fingerprint density at radius 2 is 1.93 bits per heavy atom. The molecule has 2 nitrogen and oxygen atoms in total. The van der Waals surface area contributed by atoms with Gasteiger partial charge in [-0.1, -0.05) is 11.6 Å². The molecule has 1 aliphatic heterocycles. The maximum atomic E-state index is 13.1. The predicted octanol–water partition coefficient (Wildman–Crippen LogP) is 2.48. The highest BCUT2D eigenvalue weighted by atomic mass is 35.5. The number of aliphatic hydroxyl groups is 1. The summed E-state index contributed by atoms with van der Waals surface area (Å²) in [6, 6.07) is 4.17. The molecule has 1 aromatic carbocycles. The molecule has 0 bridgehead atoms. The van der Waals surface area contributed by atoms with Crippen LogP contribution in [0.1, 0.15) is 18.4 Å². The minimum absolute atomic E-state index is 0.310. The van der Waals surface area contributed by atoms with Crippen LogP contribution < -0.4 is 0 Å². The molecule has 0 atom stereocenters. The minimum Gasteiger partial charge on any atom is -0.385 e. The summed E-state index contributed by atoms with van der Waals surface area (Å²) in [6.45, 7) is 0.981. The smallest absolute Gasteiger partial charge is 0.125 e. The van der Waals surface area contributed by atoms with Crippen LogP contribution in [0.4, 0.5) is 4.39 Å². The largest absolute Gasteiger partial charge is 0.385 e. The molecule has 1 fully saturated rings. The number of benzene rings is 1. The molecule has 1 aromatic rings. The second-order valence-electron chi connectivity index (χ2n) is 3.80. The molecule has 0 saturated carbocycles. The van der Waals surface area contributed by atoms with Gasteiger partial charge in [-0.3, -0.25) is 0 Å². The lowest BCUT2D eigenvalue weighted by atomic mass is 9.86. The molecule has 15 heavy (non-hydrogen) atoms. The average Bonchev–Trinajstić information content (AvgIpc) is 2.17. The van der Waals surface area contributed by atoms with Gasteiger partial charge in [-0.2, -0.15) is 0 Å². The average molecular weight is 231 g/mol. The van der Waals surface area contributed by atoms with Crippen LogP contribution in [-0.2, 0) is 10.3 Å². The molecule has 4 heteroatoms. The van der Waals surface area contributed by atoms with E-state index < -0.39 is 11.4 Å². The molecule has 1 aliphatic rings. The van der Waals surface area contributed by atoms with Gasteiger partial charge in [0.05, 0.1) is 5.60 Å². The van der Waals surface area contributed by atoms with Gasteiger partial charge in [-0.25, -0.2) is 4.39 Å². The van der Waals surface area contributed by atoms with Crippen molar-refractivity contribution in [3.8, 4) is 0 Å². The van der Waals surface area contributed by atoms with Crippen molar-refractivity contribution >= 4 is 11.6 Å². The van der Waals surface area contributed by atoms with Gasteiger partial charge in [0.2, 0.25) is 0 Å². The Morgan fingerprint density at radius 1 is 1.27 bits per heavy atom. The van der Waals surface area contributed by atoms with Gasteiger partial charge in [0.1, 0.15) is 5.82 Å². The molecule has 1 N–H and O–H groups in total. The number of rotatable bonds is 1. The number of hydrogen-bond donors (Lipinski definition) is 1. The van der Waals surface area contributed by atoms with Gasteiger partial charge in [0.25, 0.3) is 0 Å². The van der Waals surface area contributed by atoms with E-state index >= 15 is 0 Å². The third-order valence-electron chi connectivity index (χ3n) is 2.72. The number of ether oxygens (including phenoxy) is 1. The fraction of sp³-hybridized carbons (Fsp3) is 0.455. The van der Waals surface area contributed by atoms with Crippen molar-refractivity contribution in [2.75, 3.05) is 13.2 Å². The SMILES string of the molecule is OC1(c2cc(F)cc(Cl)c2)CCOCC1. The second kappa shape index (κ2) is 4.08. The summed E-state index contributed by atoms with van der Waals surface area (Å²) in [5.41, 5.74) is -0.458. The summed E-state index contributed by atoms with van der Waals surface area (Å²) in [6.07, 6.45) is 0.958. The van der Waals surface area contributed by atoms with Gasteiger partial charge in [0.15, 0.2) is 0 Å². The van der Waals surface area contributed by atoms with Crippen LogP contribution in [-0.4, -0.2) is 18.3 Å². The Hall–Kier alpha value is -0.640. The van der Waals surface area contributed by atoms with Gasteiger partial charge in [0, 0.05) is 31.1 Å². The zero-order valence-corrected chi connectivity index (χ0v) is 8.93. The monoisotopic (exact) mass is 230 g/mol. The van der Waals surface area contributed by atoms with Crippen molar-refractivity contribution in [2.45, 2.75) is 18.4 Å². The Morgan fingerprint density at radius 3 is 2.53 bits per heavy atom. The van der Waals surface area contributed by atoms with Crippen LogP contribution in [0.15, 0.2) is 18.2 Å². The first-order valence-corrected chi connectivity index (χ1v) is 5.25. The Kier molecular flexibility index (Phi) is 2.96. The lowest BCUT2D eigenvalue weighted by Gasteiger charge is -2.32. The molecular weight excluding hydrogens is 219 g/mol. The van der Waals surface area contributed by atoms with Crippen molar-refractivity contribution in [2.24, 2.45) is 0 Å². The normalized spacial score (nSPS) is 20.2. The van der Waals surface area contributed by atoms with Gasteiger partial charge in [-0.15, -0.1) is 0 Å². The second-order valence-corrected chi connectivity index (χ2v) is 4.24. The van der Waals surface area contributed by atoms with Crippen molar-refractivity contribution in [1.82, 2.24) is 0 Å². The molecule has 1 heterocycles. The first kappa shape index (κ1) is 10.9. The van der Waals surface area contributed by atoms with Crippen molar-refractivity contribution < 1.29 is 14.2 Å².